The van der Waals surface area contributed by atoms with Crippen molar-refractivity contribution >= 4 is 50.2 Å². The van der Waals surface area contributed by atoms with Crippen LogP contribution in [0.25, 0.3) is 0 Å². The van der Waals surface area contributed by atoms with Crippen molar-refractivity contribution in [1.82, 2.24) is 9.97 Å². The van der Waals surface area contributed by atoms with E-state index < -0.39 is 10.0 Å². The molecule has 0 atom stereocenters. The average Bonchev–Trinajstić information content (AvgIpc) is 2.35. The van der Waals surface area contributed by atoms with Gasteiger partial charge in [0.1, 0.15) is 0 Å². The third kappa shape index (κ3) is 3.34. The Bertz CT molecular complexity index is 704. The SMILES string of the molecule is Cc1c(Cl)cccc1S(=O)(=O)Nc1ncc(I)cn1. The minimum atomic E-state index is -3.74. The third-order valence-electron chi connectivity index (χ3n) is 2.35. The Balaban J connectivity index is 2.38. The molecule has 0 saturated carbocycles. The number of rotatable bonds is 3. The van der Waals surface area contributed by atoms with E-state index in [0.29, 0.717) is 10.6 Å². The van der Waals surface area contributed by atoms with Crippen molar-refractivity contribution in [3.8, 4) is 0 Å². The first-order valence-electron chi connectivity index (χ1n) is 5.15. The number of sulfonamides is 1. The monoisotopic (exact) mass is 409 g/mol. The molecule has 1 N–H and O–H groups in total. The van der Waals surface area contributed by atoms with E-state index in [0.717, 1.165) is 3.57 Å². The summed E-state index contributed by atoms with van der Waals surface area (Å²) in [6.45, 7) is 1.64. The summed E-state index contributed by atoms with van der Waals surface area (Å²) in [6, 6.07) is 4.70. The second kappa shape index (κ2) is 5.59. The van der Waals surface area contributed by atoms with Gasteiger partial charge in [-0.2, -0.15) is 0 Å². The summed E-state index contributed by atoms with van der Waals surface area (Å²) in [4.78, 5) is 7.91. The molecule has 5 nitrogen and oxygen atoms in total. The van der Waals surface area contributed by atoms with Gasteiger partial charge in [0.15, 0.2) is 0 Å². The summed E-state index contributed by atoms with van der Waals surface area (Å²) in [5, 5.41) is 0.395. The smallest absolute Gasteiger partial charge is 0.247 e. The molecule has 1 aromatic heterocycles. The Kier molecular flexibility index (Phi) is 4.26. The highest BCUT2D eigenvalue weighted by atomic mass is 127. The van der Waals surface area contributed by atoms with Crippen LogP contribution in [0.5, 0.6) is 0 Å². The minimum absolute atomic E-state index is 0.0276. The van der Waals surface area contributed by atoms with Crippen LogP contribution in [0.15, 0.2) is 35.5 Å². The van der Waals surface area contributed by atoms with Crippen LogP contribution in [0.3, 0.4) is 0 Å². The predicted molar refractivity (Wildman–Crippen MR) is 81.7 cm³/mol. The van der Waals surface area contributed by atoms with E-state index >= 15 is 0 Å². The molecule has 1 heterocycles. The first-order valence-corrected chi connectivity index (χ1v) is 8.09. The number of hydrogen-bond acceptors (Lipinski definition) is 4. The number of benzene rings is 1. The Morgan fingerprint density at radius 3 is 2.53 bits per heavy atom. The van der Waals surface area contributed by atoms with E-state index in [1.165, 1.54) is 18.5 Å². The fourth-order valence-corrected chi connectivity index (χ4v) is 3.15. The van der Waals surface area contributed by atoms with Gasteiger partial charge in [0.2, 0.25) is 5.95 Å². The fraction of sp³-hybridized carbons (Fsp3) is 0.0909. The van der Waals surface area contributed by atoms with Crippen LogP contribution in [0.4, 0.5) is 5.95 Å². The van der Waals surface area contributed by atoms with Crippen molar-refractivity contribution < 1.29 is 8.42 Å². The van der Waals surface area contributed by atoms with Crippen molar-refractivity contribution in [3.05, 3.63) is 44.7 Å². The van der Waals surface area contributed by atoms with E-state index in [4.69, 9.17) is 11.6 Å². The molecule has 0 radical (unpaired) electrons. The molecule has 1 aromatic carbocycles. The van der Waals surface area contributed by atoms with Gasteiger partial charge in [-0.05, 0) is 47.2 Å². The average molecular weight is 410 g/mol. The van der Waals surface area contributed by atoms with E-state index in [2.05, 4.69) is 14.7 Å². The van der Waals surface area contributed by atoms with Gasteiger partial charge in [-0.3, -0.25) is 0 Å². The lowest BCUT2D eigenvalue weighted by Gasteiger charge is -2.09. The lowest BCUT2D eigenvalue weighted by Crippen LogP contribution is -2.16. The van der Waals surface area contributed by atoms with Crippen LogP contribution >= 0.6 is 34.2 Å². The van der Waals surface area contributed by atoms with Crippen LogP contribution in [-0.4, -0.2) is 18.4 Å². The molecular formula is C11H9ClIN3O2S. The van der Waals surface area contributed by atoms with Gasteiger partial charge in [-0.15, -0.1) is 0 Å². The molecule has 100 valence electrons. The van der Waals surface area contributed by atoms with Gasteiger partial charge in [0.05, 0.1) is 4.90 Å². The third-order valence-corrected chi connectivity index (χ3v) is 4.79. The van der Waals surface area contributed by atoms with E-state index in [-0.39, 0.29) is 10.8 Å². The van der Waals surface area contributed by atoms with Gasteiger partial charge in [-0.25, -0.2) is 23.1 Å². The zero-order chi connectivity index (χ0) is 14.0. The van der Waals surface area contributed by atoms with E-state index in [1.807, 2.05) is 22.6 Å². The fourth-order valence-electron chi connectivity index (χ4n) is 1.42. The standard InChI is InChI=1S/C11H9ClIN3O2S/c1-7-9(12)3-2-4-10(7)19(17,18)16-11-14-5-8(13)6-15-11/h2-6H,1H3,(H,14,15,16). The van der Waals surface area contributed by atoms with Crippen molar-refractivity contribution in [1.29, 1.82) is 0 Å². The Morgan fingerprint density at radius 1 is 1.26 bits per heavy atom. The second-order valence-electron chi connectivity index (χ2n) is 3.69. The van der Waals surface area contributed by atoms with Gasteiger partial charge < -0.3 is 0 Å². The zero-order valence-corrected chi connectivity index (χ0v) is 13.5. The molecule has 0 aliphatic carbocycles. The molecule has 0 bridgehead atoms. The lowest BCUT2D eigenvalue weighted by atomic mass is 10.2. The van der Waals surface area contributed by atoms with Crippen LogP contribution < -0.4 is 4.72 Å². The molecule has 0 unspecified atom stereocenters. The first-order chi connectivity index (χ1) is 8.90. The highest BCUT2D eigenvalue weighted by molar-refractivity contribution is 14.1. The Hall–Kier alpha value is -0.930. The largest absolute Gasteiger partial charge is 0.264 e. The van der Waals surface area contributed by atoms with Crippen molar-refractivity contribution in [2.75, 3.05) is 4.72 Å². The summed E-state index contributed by atoms with van der Waals surface area (Å²) in [5.74, 6) is 0.0276. The summed E-state index contributed by atoms with van der Waals surface area (Å²) < 4.78 is 27.6. The highest BCUT2D eigenvalue weighted by Crippen LogP contribution is 2.23. The molecule has 2 aromatic rings. The van der Waals surface area contributed by atoms with Gasteiger partial charge in [0.25, 0.3) is 10.0 Å². The number of nitrogens with zero attached hydrogens (tertiary/aromatic N) is 2. The van der Waals surface area contributed by atoms with Crippen LogP contribution in [0.1, 0.15) is 5.56 Å². The van der Waals surface area contributed by atoms with Crippen LogP contribution in [0.2, 0.25) is 5.02 Å². The van der Waals surface area contributed by atoms with Gasteiger partial charge in [0, 0.05) is 21.0 Å². The van der Waals surface area contributed by atoms with Crippen LogP contribution in [0, 0.1) is 10.5 Å². The summed E-state index contributed by atoms with van der Waals surface area (Å²) >= 11 is 7.95. The summed E-state index contributed by atoms with van der Waals surface area (Å²) in [6.07, 6.45) is 3.05. The van der Waals surface area contributed by atoms with Gasteiger partial charge in [-0.1, -0.05) is 17.7 Å². The zero-order valence-electron chi connectivity index (χ0n) is 9.76. The molecule has 2 rings (SSSR count). The normalized spacial score (nSPS) is 11.3. The van der Waals surface area contributed by atoms with Crippen molar-refractivity contribution in [2.24, 2.45) is 0 Å². The molecular weight excluding hydrogens is 401 g/mol. The highest BCUT2D eigenvalue weighted by Gasteiger charge is 2.19. The number of nitrogens with one attached hydrogen (secondary N) is 1. The van der Waals surface area contributed by atoms with E-state index in [9.17, 15) is 8.42 Å². The minimum Gasteiger partial charge on any atom is -0.247 e. The number of halogens is 2. The molecule has 0 aliphatic heterocycles. The topological polar surface area (TPSA) is 72.0 Å². The summed E-state index contributed by atoms with van der Waals surface area (Å²) in [7, 11) is -3.74. The molecule has 0 fully saturated rings. The first kappa shape index (κ1) is 14.5. The van der Waals surface area contributed by atoms with Crippen molar-refractivity contribution in [3.63, 3.8) is 0 Å². The maximum Gasteiger partial charge on any atom is 0.264 e. The molecule has 0 saturated heterocycles. The van der Waals surface area contributed by atoms with Gasteiger partial charge >= 0.3 is 0 Å². The quantitative estimate of drug-likeness (QED) is 0.791. The number of hydrogen-bond donors (Lipinski definition) is 1. The molecule has 8 heteroatoms. The summed E-state index contributed by atoms with van der Waals surface area (Å²) in [5.41, 5.74) is 0.488. The number of aromatic nitrogens is 2. The van der Waals surface area contributed by atoms with Crippen molar-refractivity contribution in [2.45, 2.75) is 11.8 Å². The Labute approximate surface area is 129 Å². The molecule has 0 aliphatic rings. The van der Waals surface area contributed by atoms with Crippen LogP contribution in [-0.2, 0) is 10.0 Å². The Morgan fingerprint density at radius 2 is 1.89 bits per heavy atom. The maximum atomic E-state index is 12.2. The molecule has 0 amide bonds. The van der Waals surface area contributed by atoms with E-state index in [1.54, 1.807) is 19.1 Å². The second-order valence-corrected chi connectivity index (χ2v) is 7.00. The predicted octanol–water partition coefficient (Wildman–Crippen LogP) is 2.84. The molecule has 0 spiro atoms. The lowest BCUT2D eigenvalue weighted by molar-refractivity contribution is 0.600. The maximum absolute atomic E-state index is 12.2. The molecule has 19 heavy (non-hydrogen) atoms. The number of anilines is 1.